The Morgan fingerprint density at radius 3 is 2.07 bits per heavy atom. The minimum absolute atomic E-state index is 0.0489. The number of rotatable bonds is 11. The first-order valence-electron chi connectivity index (χ1n) is 10.1. The Balaban J connectivity index is 5.10. The van der Waals surface area contributed by atoms with Gasteiger partial charge in [-0.2, -0.15) is 0 Å². The van der Waals surface area contributed by atoms with Gasteiger partial charge in [-0.3, -0.25) is 14.4 Å². The van der Waals surface area contributed by atoms with E-state index < -0.39 is 41.6 Å². The summed E-state index contributed by atoms with van der Waals surface area (Å²) in [5, 5.41) is 7.70. The van der Waals surface area contributed by atoms with Crippen LogP contribution in [-0.4, -0.2) is 54.7 Å². The van der Waals surface area contributed by atoms with Gasteiger partial charge >= 0.3 is 12.1 Å². The molecular weight excluding hydrogens is 390 g/mol. The summed E-state index contributed by atoms with van der Waals surface area (Å²) in [6.45, 7) is 15.7. The highest BCUT2D eigenvalue weighted by Gasteiger charge is 2.30. The zero-order chi connectivity index (χ0) is 23.5. The van der Waals surface area contributed by atoms with Crippen LogP contribution in [-0.2, 0) is 23.9 Å². The molecule has 172 valence electrons. The summed E-state index contributed by atoms with van der Waals surface area (Å²) in [7, 11) is 0. The Labute approximate surface area is 179 Å². The fraction of sp³-hybridized carbons (Fsp3) is 0.714. The van der Waals surface area contributed by atoms with Crippen LogP contribution < -0.4 is 16.0 Å². The van der Waals surface area contributed by atoms with Gasteiger partial charge in [0.15, 0.2) is 0 Å². The summed E-state index contributed by atoms with van der Waals surface area (Å²) in [5.74, 6) is -1.76. The standard InChI is InChI=1S/C21H37N3O6/c1-9-10-29-16(25)12-22-18(26)15(11-13(2)3)23-19(27)17(14(4)5)24-20(28)30-21(6,7)8/h9,13-15,17H,1,10-12H2,2-8H3,(H,22,26)(H,23,27)(H,24,28)/t15-,17-/m0/s1. The molecule has 0 aromatic rings. The van der Waals surface area contributed by atoms with Gasteiger partial charge in [-0.05, 0) is 39.0 Å². The first kappa shape index (κ1) is 27.4. The van der Waals surface area contributed by atoms with Crippen molar-refractivity contribution < 1.29 is 28.7 Å². The molecule has 3 N–H and O–H groups in total. The van der Waals surface area contributed by atoms with Crippen LogP contribution in [0.4, 0.5) is 4.79 Å². The minimum Gasteiger partial charge on any atom is -0.460 e. The summed E-state index contributed by atoms with van der Waals surface area (Å²) in [5.41, 5.74) is -0.706. The number of nitrogens with one attached hydrogen (secondary N) is 3. The highest BCUT2D eigenvalue weighted by Crippen LogP contribution is 2.10. The third-order valence-corrected chi connectivity index (χ3v) is 3.73. The maximum atomic E-state index is 12.8. The third-order valence-electron chi connectivity index (χ3n) is 3.73. The van der Waals surface area contributed by atoms with Gasteiger partial charge in [-0.25, -0.2) is 4.79 Å². The molecule has 0 radical (unpaired) electrons. The van der Waals surface area contributed by atoms with Crippen molar-refractivity contribution in [3.05, 3.63) is 12.7 Å². The maximum absolute atomic E-state index is 12.8. The lowest BCUT2D eigenvalue weighted by Gasteiger charge is -2.27. The summed E-state index contributed by atoms with van der Waals surface area (Å²) < 4.78 is 10.0. The van der Waals surface area contributed by atoms with Gasteiger partial charge < -0.3 is 25.4 Å². The number of carbonyl (C=O) groups is 4. The summed E-state index contributed by atoms with van der Waals surface area (Å²) in [6.07, 6.45) is 1.06. The molecule has 0 aromatic heterocycles. The molecule has 0 heterocycles. The quantitative estimate of drug-likeness (QED) is 0.342. The molecule has 0 aromatic carbocycles. The van der Waals surface area contributed by atoms with Gasteiger partial charge in [0, 0.05) is 0 Å². The fourth-order valence-corrected chi connectivity index (χ4v) is 2.42. The first-order chi connectivity index (χ1) is 13.8. The van der Waals surface area contributed by atoms with E-state index in [4.69, 9.17) is 9.47 Å². The lowest BCUT2D eigenvalue weighted by Crippen LogP contribution is -2.56. The Bertz CT molecular complexity index is 610. The van der Waals surface area contributed by atoms with Gasteiger partial charge in [0.2, 0.25) is 11.8 Å². The van der Waals surface area contributed by atoms with E-state index in [0.717, 1.165) is 0 Å². The van der Waals surface area contributed by atoms with Crippen LogP contribution >= 0.6 is 0 Å². The molecule has 0 aliphatic heterocycles. The Hall–Kier alpha value is -2.58. The van der Waals surface area contributed by atoms with E-state index in [1.807, 2.05) is 13.8 Å². The molecule has 0 rings (SSSR count). The molecule has 0 aliphatic carbocycles. The summed E-state index contributed by atoms with van der Waals surface area (Å²) in [4.78, 5) is 49.0. The normalized spacial score (nSPS) is 13.2. The molecule has 3 amide bonds. The van der Waals surface area contributed by atoms with E-state index in [1.54, 1.807) is 34.6 Å². The van der Waals surface area contributed by atoms with E-state index in [0.29, 0.717) is 6.42 Å². The van der Waals surface area contributed by atoms with Crippen molar-refractivity contribution in [2.45, 2.75) is 72.6 Å². The second kappa shape index (κ2) is 12.9. The lowest BCUT2D eigenvalue weighted by molar-refractivity contribution is -0.143. The number of esters is 1. The van der Waals surface area contributed by atoms with Crippen LogP contribution in [0.5, 0.6) is 0 Å². The zero-order valence-corrected chi connectivity index (χ0v) is 19.2. The van der Waals surface area contributed by atoms with Gasteiger partial charge in [0.25, 0.3) is 0 Å². The SMILES string of the molecule is C=CCOC(=O)CNC(=O)[C@H](CC(C)C)NC(=O)[C@@H](NC(=O)OC(C)(C)C)C(C)C. The molecule has 0 spiro atoms. The Morgan fingerprint density at radius 2 is 1.60 bits per heavy atom. The summed E-state index contributed by atoms with van der Waals surface area (Å²) in [6, 6.07) is -1.76. The van der Waals surface area contributed by atoms with E-state index in [1.165, 1.54) is 6.08 Å². The maximum Gasteiger partial charge on any atom is 0.408 e. The molecule has 0 bridgehead atoms. The smallest absolute Gasteiger partial charge is 0.408 e. The second-order valence-electron chi connectivity index (χ2n) is 8.75. The number of hydrogen-bond acceptors (Lipinski definition) is 6. The second-order valence-corrected chi connectivity index (χ2v) is 8.75. The van der Waals surface area contributed by atoms with Crippen LogP contribution in [0.15, 0.2) is 12.7 Å². The highest BCUT2D eigenvalue weighted by atomic mass is 16.6. The van der Waals surface area contributed by atoms with E-state index in [2.05, 4.69) is 22.5 Å². The van der Waals surface area contributed by atoms with Crippen LogP contribution in [0.3, 0.4) is 0 Å². The van der Waals surface area contributed by atoms with Crippen molar-refractivity contribution in [3.63, 3.8) is 0 Å². The number of amides is 3. The zero-order valence-electron chi connectivity index (χ0n) is 19.2. The van der Waals surface area contributed by atoms with E-state index in [9.17, 15) is 19.2 Å². The molecule has 30 heavy (non-hydrogen) atoms. The Kier molecular flexibility index (Phi) is 11.8. The predicted molar refractivity (Wildman–Crippen MR) is 114 cm³/mol. The number of alkyl carbamates (subject to hydrolysis) is 1. The largest absolute Gasteiger partial charge is 0.460 e. The first-order valence-corrected chi connectivity index (χ1v) is 10.1. The molecule has 0 fully saturated rings. The van der Waals surface area contributed by atoms with Crippen molar-refractivity contribution >= 4 is 23.9 Å². The number of carbonyl (C=O) groups excluding carboxylic acids is 4. The van der Waals surface area contributed by atoms with Crippen molar-refractivity contribution in [2.24, 2.45) is 11.8 Å². The minimum atomic E-state index is -0.889. The topological polar surface area (TPSA) is 123 Å². The lowest BCUT2D eigenvalue weighted by atomic mass is 10.00. The van der Waals surface area contributed by atoms with Crippen molar-refractivity contribution in [1.82, 2.24) is 16.0 Å². The van der Waals surface area contributed by atoms with Crippen LogP contribution in [0, 0.1) is 11.8 Å². The van der Waals surface area contributed by atoms with Gasteiger partial charge in [-0.15, -0.1) is 0 Å². The third kappa shape index (κ3) is 12.1. The van der Waals surface area contributed by atoms with E-state index in [-0.39, 0.29) is 25.0 Å². The van der Waals surface area contributed by atoms with Crippen LogP contribution in [0.2, 0.25) is 0 Å². The molecule has 9 nitrogen and oxygen atoms in total. The van der Waals surface area contributed by atoms with Gasteiger partial charge in [0.1, 0.15) is 30.8 Å². The fourth-order valence-electron chi connectivity index (χ4n) is 2.42. The van der Waals surface area contributed by atoms with Crippen molar-refractivity contribution in [3.8, 4) is 0 Å². The van der Waals surface area contributed by atoms with Gasteiger partial charge in [-0.1, -0.05) is 40.3 Å². The molecule has 0 saturated heterocycles. The molecule has 0 aliphatic rings. The molecule has 9 heteroatoms. The average molecular weight is 428 g/mol. The van der Waals surface area contributed by atoms with Crippen LogP contribution in [0.25, 0.3) is 0 Å². The van der Waals surface area contributed by atoms with Crippen LogP contribution in [0.1, 0.15) is 54.9 Å². The molecule has 2 atom stereocenters. The van der Waals surface area contributed by atoms with E-state index >= 15 is 0 Å². The Morgan fingerprint density at radius 1 is 1.00 bits per heavy atom. The molecular formula is C21H37N3O6. The highest BCUT2D eigenvalue weighted by molar-refractivity contribution is 5.92. The average Bonchev–Trinajstić information content (AvgIpc) is 2.59. The number of hydrogen-bond donors (Lipinski definition) is 3. The molecule has 0 saturated carbocycles. The molecule has 0 unspecified atom stereocenters. The number of ether oxygens (including phenoxy) is 2. The predicted octanol–water partition coefficient (Wildman–Crippen LogP) is 1.91. The van der Waals surface area contributed by atoms with Crippen molar-refractivity contribution in [1.29, 1.82) is 0 Å². The summed E-state index contributed by atoms with van der Waals surface area (Å²) >= 11 is 0. The van der Waals surface area contributed by atoms with Crippen molar-refractivity contribution in [2.75, 3.05) is 13.2 Å². The van der Waals surface area contributed by atoms with Gasteiger partial charge in [0.05, 0.1) is 0 Å². The monoisotopic (exact) mass is 427 g/mol.